The Balaban J connectivity index is 4.47. The lowest BCUT2D eigenvalue weighted by Gasteiger charge is -2.25. The van der Waals surface area contributed by atoms with Gasteiger partial charge in [0.1, 0.15) is 5.25 Å². The Morgan fingerprint density at radius 1 is 1.33 bits per heavy atom. The molecule has 2 atom stereocenters. The van der Waals surface area contributed by atoms with E-state index in [0.717, 1.165) is 5.57 Å². The molecule has 0 aromatic heterocycles. The first-order chi connectivity index (χ1) is 8.33. The van der Waals surface area contributed by atoms with Crippen LogP contribution in [0.2, 0.25) is 0 Å². The average Bonchev–Trinajstić information content (AvgIpc) is 2.33. The SMILES string of the molecule is C=C(C)CN(CC)C(=O)C(C)SC(C)C(=O)OC. The van der Waals surface area contributed by atoms with E-state index in [4.69, 9.17) is 0 Å². The molecule has 0 bridgehead atoms. The molecule has 0 heterocycles. The molecule has 0 aliphatic rings. The lowest BCUT2D eigenvalue weighted by molar-refractivity contribution is -0.139. The van der Waals surface area contributed by atoms with Crippen molar-refractivity contribution in [2.24, 2.45) is 0 Å². The third-order valence-electron chi connectivity index (χ3n) is 2.44. The van der Waals surface area contributed by atoms with Crippen LogP contribution in [-0.2, 0) is 14.3 Å². The number of hydrogen-bond acceptors (Lipinski definition) is 4. The molecule has 0 radical (unpaired) electrons. The Kier molecular flexibility index (Phi) is 7.75. The highest BCUT2D eigenvalue weighted by Crippen LogP contribution is 2.20. The van der Waals surface area contributed by atoms with E-state index in [-0.39, 0.29) is 22.4 Å². The Hall–Kier alpha value is -0.970. The van der Waals surface area contributed by atoms with Crippen molar-refractivity contribution < 1.29 is 14.3 Å². The number of amides is 1. The monoisotopic (exact) mass is 273 g/mol. The van der Waals surface area contributed by atoms with Crippen molar-refractivity contribution in [2.45, 2.75) is 38.2 Å². The Bertz CT molecular complexity index is 317. The number of carbonyl (C=O) groups is 2. The van der Waals surface area contributed by atoms with Crippen molar-refractivity contribution >= 4 is 23.6 Å². The molecule has 0 saturated carbocycles. The van der Waals surface area contributed by atoms with Crippen molar-refractivity contribution in [1.29, 1.82) is 0 Å². The van der Waals surface area contributed by atoms with Gasteiger partial charge >= 0.3 is 5.97 Å². The van der Waals surface area contributed by atoms with Crippen LogP contribution in [0, 0.1) is 0 Å². The van der Waals surface area contributed by atoms with Gasteiger partial charge in [-0.05, 0) is 27.7 Å². The second-order valence-electron chi connectivity index (χ2n) is 4.25. The summed E-state index contributed by atoms with van der Waals surface area (Å²) in [4.78, 5) is 25.2. The summed E-state index contributed by atoms with van der Waals surface area (Å²) in [5.41, 5.74) is 0.948. The topological polar surface area (TPSA) is 46.6 Å². The summed E-state index contributed by atoms with van der Waals surface area (Å²) >= 11 is 1.32. The van der Waals surface area contributed by atoms with E-state index in [2.05, 4.69) is 11.3 Å². The second-order valence-corrected chi connectivity index (χ2v) is 5.94. The zero-order valence-corrected chi connectivity index (χ0v) is 12.7. The number of hydrogen-bond donors (Lipinski definition) is 0. The summed E-state index contributed by atoms with van der Waals surface area (Å²) in [5.74, 6) is -0.274. The minimum atomic E-state index is -0.336. The molecule has 0 saturated heterocycles. The van der Waals surface area contributed by atoms with E-state index < -0.39 is 0 Å². The van der Waals surface area contributed by atoms with Crippen LogP contribution in [0.5, 0.6) is 0 Å². The zero-order valence-electron chi connectivity index (χ0n) is 11.9. The zero-order chi connectivity index (χ0) is 14.3. The van der Waals surface area contributed by atoms with Crippen LogP contribution in [0.1, 0.15) is 27.7 Å². The summed E-state index contributed by atoms with van der Waals surface area (Å²) in [6, 6.07) is 0. The van der Waals surface area contributed by atoms with E-state index >= 15 is 0 Å². The van der Waals surface area contributed by atoms with Crippen LogP contribution in [0.25, 0.3) is 0 Å². The second kappa shape index (κ2) is 8.19. The quantitative estimate of drug-likeness (QED) is 0.526. The predicted molar refractivity (Wildman–Crippen MR) is 75.6 cm³/mol. The van der Waals surface area contributed by atoms with Gasteiger partial charge in [0.25, 0.3) is 0 Å². The largest absolute Gasteiger partial charge is 0.468 e. The van der Waals surface area contributed by atoms with Crippen LogP contribution in [0.15, 0.2) is 12.2 Å². The molecule has 104 valence electrons. The standard InChI is InChI=1S/C13H23NO3S/c1-7-14(8-9(2)3)12(15)10(4)18-11(5)13(16)17-6/h10-11H,2,7-8H2,1,3-6H3. The first-order valence-electron chi connectivity index (χ1n) is 5.99. The van der Waals surface area contributed by atoms with Gasteiger partial charge in [0.05, 0.1) is 12.4 Å². The predicted octanol–water partition coefficient (Wildman–Crippen LogP) is 2.09. The maximum atomic E-state index is 12.2. The summed E-state index contributed by atoms with van der Waals surface area (Å²) in [7, 11) is 1.35. The molecule has 18 heavy (non-hydrogen) atoms. The molecule has 0 aliphatic carbocycles. The van der Waals surface area contributed by atoms with Crippen LogP contribution >= 0.6 is 11.8 Å². The fourth-order valence-electron chi connectivity index (χ4n) is 1.51. The Morgan fingerprint density at radius 2 is 1.89 bits per heavy atom. The minimum Gasteiger partial charge on any atom is -0.468 e. The third-order valence-corrected chi connectivity index (χ3v) is 3.65. The van der Waals surface area contributed by atoms with E-state index in [1.807, 2.05) is 20.8 Å². The summed E-state index contributed by atoms with van der Waals surface area (Å²) in [5, 5.41) is -0.601. The molecular weight excluding hydrogens is 250 g/mol. The van der Waals surface area contributed by atoms with Crippen molar-refractivity contribution in [3.8, 4) is 0 Å². The van der Waals surface area contributed by atoms with Gasteiger partial charge in [-0.15, -0.1) is 11.8 Å². The van der Waals surface area contributed by atoms with E-state index in [0.29, 0.717) is 13.1 Å². The third kappa shape index (κ3) is 5.58. The van der Waals surface area contributed by atoms with Crippen molar-refractivity contribution in [2.75, 3.05) is 20.2 Å². The van der Waals surface area contributed by atoms with Gasteiger partial charge in [-0.2, -0.15) is 0 Å². The maximum Gasteiger partial charge on any atom is 0.318 e. The highest BCUT2D eigenvalue weighted by molar-refractivity contribution is 8.01. The van der Waals surface area contributed by atoms with Crippen LogP contribution < -0.4 is 0 Å². The molecule has 2 unspecified atom stereocenters. The number of thioether (sulfide) groups is 1. The van der Waals surface area contributed by atoms with E-state index in [9.17, 15) is 9.59 Å². The van der Waals surface area contributed by atoms with E-state index in [1.54, 1.807) is 11.8 Å². The van der Waals surface area contributed by atoms with Gasteiger partial charge in [0.15, 0.2) is 0 Å². The molecule has 0 aromatic rings. The molecule has 0 N–H and O–H groups in total. The number of esters is 1. The molecule has 4 nitrogen and oxygen atoms in total. The van der Waals surface area contributed by atoms with Gasteiger partial charge in [0.2, 0.25) is 5.91 Å². The Morgan fingerprint density at radius 3 is 2.28 bits per heavy atom. The fraction of sp³-hybridized carbons (Fsp3) is 0.692. The average molecular weight is 273 g/mol. The number of rotatable bonds is 7. The van der Waals surface area contributed by atoms with Crippen LogP contribution in [0.4, 0.5) is 0 Å². The number of ether oxygens (including phenoxy) is 1. The van der Waals surface area contributed by atoms with Gasteiger partial charge in [-0.1, -0.05) is 12.2 Å². The summed E-state index contributed by atoms with van der Waals surface area (Å²) < 4.78 is 4.65. The first-order valence-corrected chi connectivity index (χ1v) is 6.94. The molecule has 0 spiro atoms. The van der Waals surface area contributed by atoms with Gasteiger partial charge in [0, 0.05) is 13.1 Å². The Labute approximate surface area is 114 Å². The number of likely N-dealkylation sites (N-methyl/N-ethyl adjacent to an activating group) is 1. The van der Waals surface area contributed by atoms with Crippen LogP contribution in [0.3, 0.4) is 0 Å². The van der Waals surface area contributed by atoms with Crippen molar-refractivity contribution in [1.82, 2.24) is 4.90 Å². The van der Waals surface area contributed by atoms with Gasteiger partial charge in [-0.3, -0.25) is 9.59 Å². The molecule has 0 aliphatic heterocycles. The smallest absolute Gasteiger partial charge is 0.318 e. The van der Waals surface area contributed by atoms with Crippen LogP contribution in [-0.4, -0.2) is 47.5 Å². The van der Waals surface area contributed by atoms with Crippen molar-refractivity contribution in [3.05, 3.63) is 12.2 Å². The highest BCUT2D eigenvalue weighted by atomic mass is 32.2. The maximum absolute atomic E-state index is 12.2. The number of nitrogens with zero attached hydrogens (tertiary/aromatic N) is 1. The molecule has 0 aromatic carbocycles. The number of methoxy groups -OCH3 is 1. The highest BCUT2D eigenvalue weighted by Gasteiger charge is 2.25. The summed E-state index contributed by atoms with van der Waals surface area (Å²) in [6.45, 7) is 12.4. The molecular formula is C13H23NO3S. The van der Waals surface area contributed by atoms with Gasteiger partial charge in [-0.25, -0.2) is 0 Å². The fourth-order valence-corrected chi connectivity index (χ4v) is 2.60. The normalized spacial score (nSPS) is 13.6. The summed E-state index contributed by atoms with van der Waals surface area (Å²) in [6.07, 6.45) is 0. The molecule has 0 rings (SSSR count). The number of carbonyl (C=O) groups excluding carboxylic acids is 2. The minimum absolute atomic E-state index is 0.0289. The molecule has 0 fully saturated rings. The first kappa shape index (κ1) is 17.0. The van der Waals surface area contributed by atoms with Crippen molar-refractivity contribution in [3.63, 3.8) is 0 Å². The molecule has 5 heteroatoms. The molecule has 1 amide bonds. The lowest BCUT2D eigenvalue weighted by atomic mass is 10.3. The lowest BCUT2D eigenvalue weighted by Crippen LogP contribution is -2.38. The van der Waals surface area contributed by atoms with E-state index in [1.165, 1.54) is 18.9 Å². The van der Waals surface area contributed by atoms with Gasteiger partial charge < -0.3 is 9.64 Å².